The Morgan fingerprint density at radius 1 is 1.05 bits per heavy atom. The predicted octanol–water partition coefficient (Wildman–Crippen LogP) is 4.20. The Labute approximate surface area is 132 Å². The topological polar surface area (TPSA) is 15.3 Å². The van der Waals surface area contributed by atoms with Gasteiger partial charge in [0.05, 0.1) is 0 Å². The lowest BCUT2D eigenvalue weighted by atomic mass is 9.68. The van der Waals surface area contributed by atoms with Crippen LogP contribution in [0.4, 0.5) is 0 Å². The molecule has 2 saturated carbocycles. The van der Waals surface area contributed by atoms with Crippen LogP contribution in [-0.4, -0.2) is 37.1 Å². The molecule has 2 aliphatic carbocycles. The van der Waals surface area contributed by atoms with E-state index >= 15 is 0 Å². The first-order valence-electron chi connectivity index (χ1n) is 9.59. The summed E-state index contributed by atoms with van der Waals surface area (Å²) in [5, 5.41) is 3.77. The smallest absolute Gasteiger partial charge is 0.00684 e. The van der Waals surface area contributed by atoms with Crippen molar-refractivity contribution in [3.63, 3.8) is 0 Å². The molecule has 0 radical (unpaired) electrons. The van der Waals surface area contributed by atoms with E-state index in [0.717, 1.165) is 11.5 Å². The van der Waals surface area contributed by atoms with Gasteiger partial charge >= 0.3 is 0 Å². The van der Waals surface area contributed by atoms with Crippen molar-refractivity contribution in [2.75, 3.05) is 26.2 Å². The van der Waals surface area contributed by atoms with Crippen LogP contribution in [0.3, 0.4) is 0 Å². The minimum Gasteiger partial charge on any atom is -0.313 e. The number of nitrogens with zero attached hydrogens (tertiary/aromatic N) is 1. The Kier molecular flexibility index (Phi) is 4.95. The summed E-state index contributed by atoms with van der Waals surface area (Å²) >= 11 is 0. The van der Waals surface area contributed by atoms with E-state index in [1.807, 2.05) is 0 Å². The number of likely N-dealkylation sites (tertiary alicyclic amines) is 1. The first-order chi connectivity index (χ1) is 10.1. The van der Waals surface area contributed by atoms with E-state index in [1.54, 1.807) is 0 Å². The Hall–Kier alpha value is -0.0800. The molecule has 1 atom stereocenters. The molecule has 3 aliphatic rings. The van der Waals surface area contributed by atoms with Gasteiger partial charge < -0.3 is 10.2 Å². The lowest BCUT2D eigenvalue weighted by molar-refractivity contribution is 0.0441. The zero-order valence-corrected chi connectivity index (χ0v) is 14.4. The van der Waals surface area contributed by atoms with Crippen LogP contribution in [0, 0.1) is 10.8 Å². The molecule has 0 aromatic carbocycles. The van der Waals surface area contributed by atoms with Gasteiger partial charge in [0, 0.05) is 19.1 Å². The molecule has 1 unspecified atom stereocenters. The van der Waals surface area contributed by atoms with Gasteiger partial charge in [0.2, 0.25) is 0 Å². The highest BCUT2D eigenvalue weighted by atomic mass is 15.1. The number of rotatable bonds is 6. The van der Waals surface area contributed by atoms with E-state index in [0.29, 0.717) is 5.41 Å². The van der Waals surface area contributed by atoms with Crippen LogP contribution >= 0.6 is 0 Å². The van der Waals surface area contributed by atoms with E-state index in [4.69, 9.17) is 0 Å². The van der Waals surface area contributed by atoms with Gasteiger partial charge in [-0.25, -0.2) is 0 Å². The van der Waals surface area contributed by atoms with Crippen LogP contribution in [0.5, 0.6) is 0 Å². The largest absolute Gasteiger partial charge is 0.313 e. The van der Waals surface area contributed by atoms with Crippen molar-refractivity contribution in [3.8, 4) is 0 Å². The first kappa shape index (κ1) is 15.8. The molecule has 0 amide bonds. The molecule has 3 fully saturated rings. The zero-order valence-electron chi connectivity index (χ0n) is 14.4. The summed E-state index contributed by atoms with van der Waals surface area (Å²) in [5.41, 5.74) is 1.23. The maximum absolute atomic E-state index is 3.77. The van der Waals surface area contributed by atoms with Crippen LogP contribution in [0.15, 0.2) is 0 Å². The molecule has 0 aromatic heterocycles. The lowest BCUT2D eigenvalue weighted by Gasteiger charge is -2.46. The predicted molar refractivity (Wildman–Crippen MR) is 90.6 cm³/mol. The molecule has 1 heterocycles. The molecule has 2 heteroatoms. The summed E-state index contributed by atoms with van der Waals surface area (Å²) < 4.78 is 0. The van der Waals surface area contributed by atoms with Crippen molar-refractivity contribution in [1.29, 1.82) is 0 Å². The number of hydrogen-bond acceptors (Lipinski definition) is 2. The zero-order chi connectivity index (χ0) is 14.8. The van der Waals surface area contributed by atoms with Gasteiger partial charge in [0.15, 0.2) is 0 Å². The molecular weight excluding hydrogens is 256 g/mol. The van der Waals surface area contributed by atoms with E-state index in [1.165, 1.54) is 90.4 Å². The highest BCUT2D eigenvalue weighted by Crippen LogP contribution is 2.44. The Balaban J connectivity index is 1.46. The molecule has 3 rings (SSSR count). The van der Waals surface area contributed by atoms with Gasteiger partial charge in [0.25, 0.3) is 0 Å². The first-order valence-corrected chi connectivity index (χ1v) is 9.59. The highest BCUT2D eigenvalue weighted by Gasteiger charge is 2.37. The standard InChI is InChI=1S/C19H36N2/c1-3-18(2,15-20-17-7-8-17)16-21-13-11-19(12-14-21)9-5-4-6-10-19/h17,20H,3-16H2,1-2H3. The van der Waals surface area contributed by atoms with Gasteiger partial charge in [-0.15, -0.1) is 0 Å². The fourth-order valence-electron chi connectivity index (χ4n) is 4.50. The fourth-order valence-corrected chi connectivity index (χ4v) is 4.50. The molecule has 1 spiro atoms. The third-order valence-corrected chi connectivity index (χ3v) is 6.68. The molecular formula is C19H36N2. The van der Waals surface area contributed by atoms with Crippen molar-refractivity contribution in [2.24, 2.45) is 10.8 Å². The summed E-state index contributed by atoms with van der Waals surface area (Å²) in [6.07, 6.45) is 14.6. The van der Waals surface area contributed by atoms with Crippen LogP contribution in [0.1, 0.15) is 78.1 Å². The second-order valence-electron chi connectivity index (χ2n) is 8.66. The average molecular weight is 293 g/mol. The van der Waals surface area contributed by atoms with E-state index in [9.17, 15) is 0 Å². The minimum absolute atomic E-state index is 0.472. The maximum atomic E-state index is 3.77. The van der Waals surface area contributed by atoms with Crippen LogP contribution in [-0.2, 0) is 0 Å². The van der Waals surface area contributed by atoms with E-state index < -0.39 is 0 Å². The maximum Gasteiger partial charge on any atom is 0.00684 e. The van der Waals surface area contributed by atoms with Crippen molar-refractivity contribution in [3.05, 3.63) is 0 Å². The number of piperidine rings is 1. The van der Waals surface area contributed by atoms with E-state index in [-0.39, 0.29) is 0 Å². The van der Waals surface area contributed by atoms with Crippen LogP contribution in [0.25, 0.3) is 0 Å². The summed E-state index contributed by atoms with van der Waals surface area (Å²) in [6, 6.07) is 0.850. The van der Waals surface area contributed by atoms with Gasteiger partial charge in [0.1, 0.15) is 0 Å². The molecule has 1 N–H and O–H groups in total. The molecule has 122 valence electrons. The average Bonchev–Trinajstić information content (AvgIpc) is 3.33. The highest BCUT2D eigenvalue weighted by molar-refractivity contribution is 4.91. The summed E-state index contributed by atoms with van der Waals surface area (Å²) in [4.78, 5) is 2.78. The van der Waals surface area contributed by atoms with Crippen molar-refractivity contribution in [1.82, 2.24) is 10.2 Å². The summed E-state index contributed by atoms with van der Waals surface area (Å²) in [5.74, 6) is 0. The summed E-state index contributed by atoms with van der Waals surface area (Å²) in [7, 11) is 0. The minimum atomic E-state index is 0.472. The SMILES string of the molecule is CCC(C)(CNC1CC1)CN1CCC2(CCCCC2)CC1. The van der Waals surface area contributed by atoms with Crippen molar-refractivity contribution >= 4 is 0 Å². The molecule has 1 aliphatic heterocycles. The Morgan fingerprint density at radius 3 is 2.29 bits per heavy atom. The number of nitrogens with one attached hydrogen (secondary N) is 1. The van der Waals surface area contributed by atoms with Crippen LogP contribution in [0.2, 0.25) is 0 Å². The molecule has 2 nitrogen and oxygen atoms in total. The number of hydrogen-bond donors (Lipinski definition) is 1. The Morgan fingerprint density at radius 2 is 1.71 bits per heavy atom. The molecule has 0 aromatic rings. The van der Waals surface area contributed by atoms with Gasteiger partial charge in [-0.3, -0.25) is 0 Å². The fraction of sp³-hybridized carbons (Fsp3) is 1.00. The van der Waals surface area contributed by atoms with Gasteiger partial charge in [-0.1, -0.05) is 33.1 Å². The van der Waals surface area contributed by atoms with Gasteiger partial charge in [-0.2, -0.15) is 0 Å². The van der Waals surface area contributed by atoms with Crippen LogP contribution < -0.4 is 5.32 Å². The second kappa shape index (κ2) is 6.58. The second-order valence-corrected chi connectivity index (χ2v) is 8.66. The molecule has 1 saturated heterocycles. The molecule has 21 heavy (non-hydrogen) atoms. The van der Waals surface area contributed by atoms with Gasteiger partial charge in [-0.05, 0) is 68.9 Å². The normalized spacial score (nSPS) is 29.4. The third kappa shape index (κ3) is 4.22. The quantitative estimate of drug-likeness (QED) is 0.789. The van der Waals surface area contributed by atoms with E-state index in [2.05, 4.69) is 24.1 Å². The molecule has 0 bridgehead atoms. The van der Waals surface area contributed by atoms with Crippen molar-refractivity contribution < 1.29 is 0 Å². The van der Waals surface area contributed by atoms with Crippen molar-refractivity contribution in [2.45, 2.75) is 84.1 Å². The third-order valence-electron chi connectivity index (χ3n) is 6.68. The lowest BCUT2D eigenvalue weighted by Crippen LogP contribution is -2.47. The Bertz CT molecular complexity index is 320. The monoisotopic (exact) mass is 292 g/mol. The summed E-state index contributed by atoms with van der Waals surface area (Å²) in [6.45, 7) is 10.1.